The maximum absolute atomic E-state index is 12.1. The molecule has 20 heavy (non-hydrogen) atoms. The molecule has 1 amide bonds. The number of amides is 1. The molecule has 0 spiro atoms. The second-order valence-electron chi connectivity index (χ2n) is 4.33. The molecule has 5 nitrogen and oxygen atoms in total. The Bertz CT molecular complexity index is 558. The van der Waals surface area contributed by atoms with Gasteiger partial charge in [-0.2, -0.15) is 10.3 Å². The summed E-state index contributed by atoms with van der Waals surface area (Å²) < 4.78 is 0. The van der Waals surface area contributed by atoms with Crippen molar-refractivity contribution in [1.29, 1.82) is 0 Å². The fourth-order valence-corrected chi connectivity index (χ4v) is 2.51. The number of hydrogen-bond acceptors (Lipinski definition) is 4. The van der Waals surface area contributed by atoms with Crippen LogP contribution < -0.4 is 0 Å². The lowest BCUT2D eigenvalue weighted by Gasteiger charge is -2.25. The van der Waals surface area contributed by atoms with Gasteiger partial charge in [-0.05, 0) is 24.6 Å². The summed E-state index contributed by atoms with van der Waals surface area (Å²) in [6.07, 6.45) is 1.60. The molecule has 1 aromatic carbocycles. The maximum Gasteiger partial charge on any atom is 0.233 e. The van der Waals surface area contributed by atoms with Crippen LogP contribution in [-0.2, 0) is 4.79 Å². The quantitative estimate of drug-likeness (QED) is 0.863. The minimum Gasteiger partial charge on any atom is -0.338 e. The molecule has 2 aromatic rings. The van der Waals surface area contributed by atoms with Crippen LogP contribution in [0.1, 0.15) is 18.5 Å². The molecular formula is C13H15ClN4OS. The number of rotatable bonds is 5. The van der Waals surface area contributed by atoms with Crippen LogP contribution in [0.2, 0.25) is 5.02 Å². The van der Waals surface area contributed by atoms with Crippen LogP contribution >= 0.6 is 23.4 Å². The monoisotopic (exact) mass is 310 g/mol. The van der Waals surface area contributed by atoms with Crippen LogP contribution in [0.25, 0.3) is 0 Å². The Labute approximate surface area is 126 Å². The number of carbonyl (C=O) groups excluding carboxylic acids is 1. The zero-order chi connectivity index (χ0) is 14.5. The molecule has 0 fully saturated rings. The molecule has 0 aliphatic heterocycles. The third-order valence-electron chi connectivity index (χ3n) is 3.06. The van der Waals surface area contributed by atoms with Gasteiger partial charge in [0.05, 0.1) is 18.0 Å². The van der Waals surface area contributed by atoms with Gasteiger partial charge in [0.1, 0.15) is 5.03 Å². The molecular weight excluding hydrogens is 296 g/mol. The number of halogens is 1. The first kappa shape index (κ1) is 14.9. The molecule has 0 saturated carbocycles. The van der Waals surface area contributed by atoms with Crippen molar-refractivity contribution in [2.75, 3.05) is 12.8 Å². The molecule has 1 atom stereocenters. The van der Waals surface area contributed by atoms with Crippen LogP contribution in [0, 0.1) is 0 Å². The predicted octanol–water partition coefficient (Wildman–Crippen LogP) is 2.77. The molecule has 7 heteroatoms. The van der Waals surface area contributed by atoms with E-state index in [9.17, 15) is 4.79 Å². The zero-order valence-electron chi connectivity index (χ0n) is 11.2. The maximum atomic E-state index is 12.1. The van der Waals surface area contributed by atoms with Gasteiger partial charge in [0.25, 0.3) is 0 Å². The number of benzene rings is 1. The first-order valence-electron chi connectivity index (χ1n) is 6.07. The Hall–Kier alpha value is -1.53. The van der Waals surface area contributed by atoms with E-state index in [1.54, 1.807) is 18.1 Å². The summed E-state index contributed by atoms with van der Waals surface area (Å²) in [6.45, 7) is 1.99. The van der Waals surface area contributed by atoms with Crippen LogP contribution in [0.3, 0.4) is 0 Å². The Balaban J connectivity index is 1.93. The molecule has 1 heterocycles. The van der Waals surface area contributed by atoms with Crippen molar-refractivity contribution >= 4 is 29.3 Å². The average Bonchev–Trinajstić information content (AvgIpc) is 2.97. The van der Waals surface area contributed by atoms with E-state index in [4.69, 9.17) is 11.6 Å². The van der Waals surface area contributed by atoms with Gasteiger partial charge in [0, 0.05) is 12.1 Å². The van der Waals surface area contributed by atoms with E-state index in [-0.39, 0.29) is 11.9 Å². The summed E-state index contributed by atoms with van der Waals surface area (Å²) in [5.41, 5.74) is 1.05. The Morgan fingerprint density at radius 2 is 2.15 bits per heavy atom. The van der Waals surface area contributed by atoms with E-state index in [1.165, 1.54) is 11.8 Å². The van der Waals surface area contributed by atoms with Crippen molar-refractivity contribution in [2.24, 2.45) is 0 Å². The van der Waals surface area contributed by atoms with E-state index in [0.717, 1.165) is 5.56 Å². The van der Waals surface area contributed by atoms with E-state index >= 15 is 0 Å². The minimum absolute atomic E-state index is 0.00215. The van der Waals surface area contributed by atoms with Crippen molar-refractivity contribution in [3.8, 4) is 0 Å². The molecule has 1 N–H and O–H groups in total. The number of carbonyl (C=O) groups is 1. The summed E-state index contributed by atoms with van der Waals surface area (Å²) in [6, 6.07) is 7.52. The zero-order valence-corrected chi connectivity index (χ0v) is 12.8. The fraction of sp³-hybridized carbons (Fsp3) is 0.308. The van der Waals surface area contributed by atoms with Crippen LogP contribution in [-0.4, -0.2) is 39.0 Å². The molecule has 106 valence electrons. The van der Waals surface area contributed by atoms with Gasteiger partial charge in [-0.15, -0.1) is 5.10 Å². The molecule has 0 radical (unpaired) electrons. The lowest BCUT2D eigenvalue weighted by atomic mass is 10.1. The molecule has 1 aromatic heterocycles. The standard InChI is InChI=1S/C13H15ClN4OS/c1-9(10-3-5-11(14)6-4-10)18(2)13(19)8-20-12-7-15-17-16-12/h3-7,9H,8H2,1-2H3,(H,15,16,17). The highest BCUT2D eigenvalue weighted by atomic mass is 35.5. The van der Waals surface area contributed by atoms with Crippen molar-refractivity contribution in [2.45, 2.75) is 18.0 Å². The van der Waals surface area contributed by atoms with E-state index in [0.29, 0.717) is 15.8 Å². The minimum atomic E-state index is -0.00215. The number of thioether (sulfide) groups is 1. The Kier molecular flexibility index (Phi) is 5.03. The molecule has 0 saturated heterocycles. The lowest BCUT2D eigenvalue weighted by Crippen LogP contribution is -2.31. The van der Waals surface area contributed by atoms with E-state index in [1.807, 2.05) is 31.2 Å². The highest BCUT2D eigenvalue weighted by Gasteiger charge is 2.17. The number of aromatic amines is 1. The van der Waals surface area contributed by atoms with Gasteiger partial charge >= 0.3 is 0 Å². The first-order chi connectivity index (χ1) is 9.58. The van der Waals surface area contributed by atoms with Crippen molar-refractivity contribution in [3.63, 3.8) is 0 Å². The van der Waals surface area contributed by atoms with Crippen LogP contribution in [0.5, 0.6) is 0 Å². The van der Waals surface area contributed by atoms with Gasteiger partial charge in [0.2, 0.25) is 5.91 Å². The summed E-state index contributed by atoms with van der Waals surface area (Å²) >= 11 is 7.23. The fourth-order valence-electron chi connectivity index (χ4n) is 1.68. The second kappa shape index (κ2) is 6.76. The molecule has 2 rings (SSSR count). The number of nitrogens with one attached hydrogen (secondary N) is 1. The SMILES string of the molecule is CC(c1ccc(Cl)cc1)N(C)C(=O)CSc1cn[nH]n1. The largest absolute Gasteiger partial charge is 0.338 e. The van der Waals surface area contributed by atoms with Crippen molar-refractivity contribution in [3.05, 3.63) is 41.0 Å². The Morgan fingerprint density at radius 3 is 2.75 bits per heavy atom. The summed E-state index contributed by atoms with van der Waals surface area (Å²) in [5, 5.41) is 11.5. The van der Waals surface area contributed by atoms with Crippen molar-refractivity contribution < 1.29 is 4.79 Å². The lowest BCUT2D eigenvalue weighted by molar-refractivity contribution is -0.128. The van der Waals surface area contributed by atoms with Gasteiger partial charge in [-0.3, -0.25) is 4.79 Å². The number of hydrogen-bond donors (Lipinski definition) is 1. The van der Waals surface area contributed by atoms with Gasteiger partial charge in [-0.25, -0.2) is 0 Å². The number of nitrogens with zero attached hydrogens (tertiary/aromatic N) is 3. The third-order valence-corrected chi connectivity index (χ3v) is 4.20. The first-order valence-corrected chi connectivity index (χ1v) is 7.44. The summed E-state index contributed by atoms with van der Waals surface area (Å²) in [4.78, 5) is 13.9. The third kappa shape index (κ3) is 3.74. The number of H-pyrrole nitrogens is 1. The molecule has 1 unspecified atom stereocenters. The molecule has 0 aliphatic carbocycles. The van der Waals surface area contributed by atoms with Crippen molar-refractivity contribution in [1.82, 2.24) is 20.3 Å². The van der Waals surface area contributed by atoms with E-state index < -0.39 is 0 Å². The van der Waals surface area contributed by atoms with E-state index in [2.05, 4.69) is 15.4 Å². The van der Waals surface area contributed by atoms with Crippen LogP contribution in [0.15, 0.2) is 35.5 Å². The van der Waals surface area contributed by atoms with Gasteiger partial charge in [0.15, 0.2) is 0 Å². The summed E-state index contributed by atoms with van der Waals surface area (Å²) in [7, 11) is 1.80. The van der Waals surface area contributed by atoms with Gasteiger partial charge < -0.3 is 4.90 Å². The highest BCUT2D eigenvalue weighted by molar-refractivity contribution is 7.99. The predicted molar refractivity (Wildman–Crippen MR) is 79.7 cm³/mol. The summed E-state index contributed by atoms with van der Waals surface area (Å²) in [5.74, 6) is 0.376. The number of aromatic nitrogens is 3. The Morgan fingerprint density at radius 1 is 1.45 bits per heavy atom. The normalized spacial score (nSPS) is 12.2. The molecule has 0 bridgehead atoms. The topological polar surface area (TPSA) is 61.9 Å². The molecule has 0 aliphatic rings. The second-order valence-corrected chi connectivity index (χ2v) is 5.76. The average molecular weight is 311 g/mol. The highest BCUT2D eigenvalue weighted by Crippen LogP contribution is 2.22. The van der Waals surface area contributed by atoms with Crippen LogP contribution in [0.4, 0.5) is 0 Å². The smallest absolute Gasteiger partial charge is 0.233 e. The van der Waals surface area contributed by atoms with Gasteiger partial charge in [-0.1, -0.05) is 35.5 Å².